The lowest BCUT2D eigenvalue weighted by atomic mass is 10.2. The molecule has 1 aromatic rings. The molecule has 4 nitrogen and oxygen atoms in total. The Kier molecular flexibility index (Phi) is 2.58. The van der Waals surface area contributed by atoms with Crippen LogP contribution in [0.3, 0.4) is 0 Å². The lowest BCUT2D eigenvalue weighted by Gasteiger charge is -1.97. The number of fused-ring (bicyclic) bond motifs is 1. The van der Waals surface area contributed by atoms with Crippen molar-refractivity contribution < 1.29 is 14.7 Å². The Labute approximate surface area is 87.4 Å². The molecule has 0 aliphatic carbocycles. The lowest BCUT2D eigenvalue weighted by Crippen LogP contribution is -1.92. The van der Waals surface area contributed by atoms with Gasteiger partial charge in [0.1, 0.15) is 0 Å². The van der Waals surface area contributed by atoms with Crippen molar-refractivity contribution in [2.75, 3.05) is 6.79 Å². The van der Waals surface area contributed by atoms with E-state index in [2.05, 4.69) is 5.16 Å². The van der Waals surface area contributed by atoms with E-state index in [9.17, 15) is 0 Å². The number of oxime groups is 1. The molecule has 0 saturated carbocycles. The van der Waals surface area contributed by atoms with E-state index >= 15 is 0 Å². The standard InChI is InChI=1S/C11H11NO3/c1-8(12-13)2-3-9-4-5-10-11(6-9)15-7-14-10/h2-6,13H,7H2,1H3/b3-2+,12-8-. The maximum atomic E-state index is 8.46. The molecule has 0 spiro atoms. The van der Waals surface area contributed by atoms with Crippen LogP contribution < -0.4 is 9.47 Å². The van der Waals surface area contributed by atoms with E-state index in [4.69, 9.17) is 14.7 Å². The molecule has 0 bridgehead atoms. The van der Waals surface area contributed by atoms with Crippen molar-refractivity contribution in [2.24, 2.45) is 5.16 Å². The maximum Gasteiger partial charge on any atom is 0.231 e. The molecule has 0 fully saturated rings. The summed E-state index contributed by atoms with van der Waals surface area (Å²) in [6.07, 6.45) is 3.56. The molecule has 0 aromatic heterocycles. The van der Waals surface area contributed by atoms with Gasteiger partial charge in [0.15, 0.2) is 11.5 Å². The summed E-state index contributed by atoms with van der Waals surface area (Å²) >= 11 is 0. The summed E-state index contributed by atoms with van der Waals surface area (Å²) in [6.45, 7) is 1.99. The van der Waals surface area contributed by atoms with Gasteiger partial charge in [-0.1, -0.05) is 17.3 Å². The van der Waals surface area contributed by atoms with Crippen LogP contribution in [-0.4, -0.2) is 17.7 Å². The molecular weight excluding hydrogens is 194 g/mol. The van der Waals surface area contributed by atoms with Gasteiger partial charge in [-0.05, 0) is 30.7 Å². The van der Waals surface area contributed by atoms with Gasteiger partial charge in [-0.15, -0.1) is 0 Å². The number of hydrogen-bond acceptors (Lipinski definition) is 4. The normalized spacial score (nSPS) is 14.9. The van der Waals surface area contributed by atoms with Crippen LogP contribution >= 0.6 is 0 Å². The highest BCUT2D eigenvalue weighted by Gasteiger charge is 2.11. The molecule has 78 valence electrons. The van der Waals surface area contributed by atoms with Gasteiger partial charge < -0.3 is 14.7 Å². The van der Waals surface area contributed by atoms with E-state index in [1.165, 1.54) is 0 Å². The predicted octanol–water partition coefficient (Wildman–Crippen LogP) is 2.28. The Hall–Kier alpha value is -1.97. The van der Waals surface area contributed by atoms with Crippen LogP contribution in [0.15, 0.2) is 29.4 Å². The fraction of sp³-hybridized carbons (Fsp3) is 0.182. The zero-order valence-corrected chi connectivity index (χ0v) is 8.30. The largest absolute Gasteiger partial charge is 0.454 e. The van der Waals surface area contributed by atoms with Crippen LogP contribution in [0.4, 0.5) is 0 Å². The average molecular weight is 205 g/mol. The third kappa shape index (κ3) is 2.10. The zero-order valence-electron chi connectivity index (χ0n) is 8.30. The van der Waals surface area contributed by atoms with Crippen molar-refractivity contribution in [1.29, 1.82) is 0 Å². The predicted molar refractivity (Wildman–Crippen MR) is 56.5 cm³/mol. The highest BCUT2D eigenvalue weighted by atomic mass is 16.7. The van der Waals surface area contributed by atoms with Crippen molar-refractivity contribution in [1.82, 2.24) is 0 Å². The highest BCUT2D eigenvalue weighted by Crippen LogP contribution is 2.32. The Bertz CT molecular complexity index is 424. The molecule has 15 heavy (non-hydrogen) atoms. The van der Waals surface area contributed by atoms with Crippen molar-refractivity contribution >= 4 is 11.8 Å². The molecule has 4 heteroatoms. The summed E-state index contributed by atoms with van der Waals surface area (Å²) < 4.78 is 10.4. The molecule has 0 unspecified atom stereocenters. The zero-order chi connectivity index (χ0) is 10.7. The first-order valence-corrected chi connectivity index (χ1v) is 4.56. The van der Waals surface area contributed by atoms with Crippen LogP contribution in [0.5, 0.6) is 11.5 Å². The number of nitrogens with zero attached hydrogens (tertiary/aromatic N) is 1. The SMILES string of the molecule is CC(/C=C/c1ccc2c(c1)OCO2)=N/O. The minimum atomic E-state index is 0.277. The van der Waals surface area contributed by atoms with Gasteiger partial charge in [0, 0.05) is 0 Å². The molecule has 0 saturated heterocycles. The first kappa shape index (κ1) is 9.58. The van der Waals surface area contributed by atoms with Crippen LogP contribution in [0.1, 0.15) is 12.5 Å². The summed E-state index contributed by atoms with van der Waals surface area (Å²) in [5, 5.41) is 11.5. The van der Waals surface area contributed by atoms with Crippen molar-refractivity contribution in [3.05, 3.63) is 29.8 Å². The highest BCUT2D eigenvalue weighted by molar-refractivity contribution is 5.95. The number of hydrogen-bond donors (Lipinski definition) is 1. The van der Waals surface area contributed by atoms with E-state index in [1.807, 2.05) is 24.3 Å². The smallest absolute Gasteiger partial charge is 0.231 e. The maximum absolute atomic E-state index is 8.46. The van der Waals surface area contributed by atoms with Crippen molar-refractivity contribution in [3.63, 3.8) is 0 Å². The van der Waals surface area contributed by atoms with E-state index in [-0.39, 0.29) is 6.79 Å². The van der Waals surface area contributed by atoms with E-state index in [0.29, 0.717) is 5.71 Å². The van der Waals surface area contributed by atoms with E-state index in [1.54, 1.807) is 13.0 Å². The minimum absolute atomic E-state index is 0.277. The molecule has 1 aliphatic heterocycles. The molecule has 1 aromatic carbocycles. The minimum Gasteiger partial charge on any atom is -0.454 e. The topological polar surface area (TPSA) is 51.0 Å². The summed E-state index contributed by atoms with van der Waals surface area (Å²) in [7, 11) is 0. The van der Waals surface area contributed by atoms with Gasteiger partial charge in [0.2, 0.25) is 6.79 Å². The average Bonchev–Trinajstić information content (AvgIpc) is 2.72. The van der Waals surface area contributed by atoms with Crippen LogP contribution in [-0.2, 0) is 0 Å². The summed E-state index contributed by atoms with van der Waals surface area (Å²) in [5.74, 6) is 1.51. The lowest BCUT2D eigenvalue weighted by molar-refractivity contribution is 0.174. The molecule has 1 N–H and O–H groups in total. The summed E-state index contributed by atoms with van der Waals surface area (Å²) in [4.78, 5) is 0. The fourth-order valence-electron chi connectivity index (χ4n) is 1.27. The van der Waals surface area contributed by atoms with Gasteiger partial charge in [0.05, 0.1) is 5.71 Å². The second-order valence-corrected chi connectivity index (χ2v) is 3.19. The van der Waals surface area contributed by atoms with E-state index in [0.717, 1.165) is 17.1 Å². The summed E-state index contributed by atoms with van der Waals surface area (Å²) in [6, 6.07) is 5.64. The molecule has 0 amide bonds. The second kappa shape index (κ2) is 4.04. The number of allylic oxidation sites excluding steroid dienone is 1. The monoisotopic (exact) mass is 205 g/mol. The molecular formula is C11H11NO3. The fourth-order valence-corrected chi connectivity index (χ4v) is 1.27. The van der Waals surface area contributed by atoms with Crippen LogP contribution in [0.25, 0.3) is 6.08 Å². The molecule has 1 heterocycles. The number of ether oxygens (including phenoxy) is 2. The van der Waals surface area contributed by atoms with Gasteiger partial charge in [-0.25, -0.2) is 0 Å². The first-order chi connectivity index (χ1) is 7.29. The van der Waals surface area contributed by atoms with Crippen LogP contribution in [0.2, 0.25) is 0 Å². The molecule has 0 atom stereocenters. The molecule has 2 rings (SSSR count). The van der Waals surface area contributed by atoms with Gasteiger partial charge >= 0.3 is 0 Å². The second-order valence-electron chi connectivity index (χ2n) is 3.19. The van der Waals surface area contributed by atoms with Gasteiger partial charge in [-0.2, -0.15) is 0 Å². The van der Waals surface area contributed by atoms with Gasteiger partial charge in [-0.3, -0.25) is 0 Å². The summed E-state index contributed by atoms with van der Waals surface area (Å²) in [5.41, 5.74) is 1.52. The first-order valence-electron chi connectivity index (χ1n) is 4.56. The number of benzene rings is 1. The third-order valence-corrected chi connectivity index (χ3v) is 2.07. The Morgan fingerprint density at radius 1 is 1.40 bits per heavy atom. The van der Waals surface area contributed by atoms with Crippen molar-refractivity contribution in [2.45, 2.75) is 6.92 Å². The Balaban J connectivity index is 2.20. The van der Waals surface area contributed by atoms with Crippen molar-refractivity contribution in [3.8, 4) is 11.5 Å². The third-order valence-electron chi connectivity index (χ3n) is 2.07. The molecule has 1 aliphatic rings. The van der Waals surface area contributed by atoms with Gasteiger partial charge in [0.25, 0.3) is 0 Å². The quantitative estimate of drug-likeness (QED) is 0.457. The van der Waals surface area contributed by atoms with E-state index < -0.39 is 0 Å². The number of rotatable bonds is 2. The van der Waals surface area contributed by atoms with Crippen LogP contribution in [0, 0.1) is 0 Å². The Morgan fingerprint density at radius 2 is 2.20 bits per heavy atom. The molecule has 0 radical (unpaired) electrons. The Morgan fingerprint density at radius 3 is 3.00 bits per heavy atom.